The average molecular weight is 443 g/mol. The van der Waals surface area contributed by atoms with Gasteiger partial charge in [0, 0.05) is 45.0 Å². The number of hydrogen-bond acceptors (Lipinski definition) is 5. The van der Waals surface area contributed by atoms with Gasteiger partial charge >= 0.3 is 12.1 Å². The number of fused-ring (bicyclic) bond motifs is 1. The van der Waals surface area contributed by atoms with Crippen LogP contribution in [0, 0.1) is 0 Å². The zero-order valence-corrected chi connectivity index (χ0v) is 19.1. The van der Waals surface area contributed by atoms with E-state index < -0.39 is 0 Å². The molecule has 2 aliphatic rings. The van der Waals surface area contributed by atoms with Crippen molar-refractivity contribution >= 4 is 28.8 Å². The highest BCUT2D eigenvalue weighted by Crippen LogP contribution is 2.22. The molecular formula is C23H34N6O3. The Morgan fingerprint density at radius 3 is 2.59 bits per heavy atom. The van der Waals surface area contributed by atoms with Crippen LogP contribution in [0.3, 0.4) is 0 Å². The number of aryl methyl sites for hydroxylation is 1. The summed E-state index contributed by atoms with van der Waals surface area (Å²) in [4.78, 5) is 33.1. The molecule has 0 unspecified atom stereocenters. The van der Waals surface area contributed by atoms with Crippen molar-refractivity contribution in [2.24, 2.45) is 7.05 Å². The predicted octanol–water partition coefficient (Wildman–Crippen LogP) is 3.30. The number of aromatic nitrogens is 2. The second-order valence-electron chi connectivity index (χ2n) is 8.69. The molecule has 9 nitrogen and oxygen atoms in total. The zero-order chi connectivity index (χ0) is 22.5. The summed E-state index contributed by atoms with van der Waals surface area (Å²) in [7, 11) is 2.02. The SMILES string of the molecule is CCOC(=O)N1CCN(Cc2nc3cc(NC(=O)NC4CCCCC4)ccc3n2C)CC1. The van der Waals surface area contributed by atoms with E-state index in [1.54, 1.807) is 4.90 Å². The molecule has 1 aliphatic heterocycles. The number of nitrogens with one attached hydrogen (secondary N) is 2. The lowest BCUT2D eigenvalue weighted by atomic mass is 9.96. The van der Waals surface area contributed by atoms with Gasteiger partial charge in [0.1, 0.15) is 5.82 Å². The number of carbonyl (C=O) groups is 2. The van der Waals surface area contributed by atoms with E-state index in [0.29, 0.717) is 26.2 Å². The second-order valence-corrected chi connectivity index (χ2v) is 8.69. The van der Waals surface area contributed by atoms with E-state index in [1.165, 1.54) is 19.3 Å². The lowest BCUT2D eigenvalue weighted by molar-refractivity contribution is 0.0770. The first-order valence-electron chi connectivity index (χ1n) is 11.7. The molecule has 3 amide bonds. The summed E-state index contributed by atoms with van der Waals surface area (Å²) in [6.45, 7) is 5.83. The standard InChI is InChI=1S/C23H34N6O3/c1-3-32-23(31)29-13-11-28(12-14-29)16-21-26-19-15-18(9-10-20(19)27(21)2)25-22(30)24-17-7-5-4-6-8-17/h9-10,15,17H,3-8,11-14,16H2,1-2H3,(H2,24,25,30). The number of rotatable bonds is 5. The summed E-state index contributed by atoms with van der Waals surface area (Å²) >= 11 is 0. The van der Waals surface area contributed by atoms with Gasteiger partial charge in [-0.25, -0.2) is 14.6 Å². The third-order valence-corrected chi connectivity index (χ3v) is 6.44. The molecule has 1 aromatic carbocycles. The molecule has 1 saturated carbocycles. The number of hydrogen-bond donors (Lipinski definition) is 2. The maximum Gasteiger partial charge on any atom is 0.409 e. The molecule has 32 heavy (non-hydrogen) atoms. The summed E-state index contributed by atoms with van der Waals surface area (Å²) in [5.74, 6) is 0.966. The summed E-state index contributed by atoms with van der Waals surface area (Å²) in [6, 6.07) is 5.98. The van der Waals surface area contributed by atoms with Crippen molar-refractivity contribution in [3.05, 3.63) is 24.0 Å². The maximum absolute atomic E-state index is 12.4. The van der Waals surface area contributed by atoms with E-state index in [0.717, 1.165) is 48.5 Å². The van der Waals surface area contributed by atoms with Crippen molar-refractivity contribution < 1.29 is 14.3 Å². The highest BCUT2D eigenvalue weighted by Gasteiger charge is 2.23. The molecule has 0 radical (unpaired) electrons. The van der Waals surface area contributed by atoms with Gasteiger partial charge in [0.25, 0.3) is 0 Å². The van der Waals surface area contributed by atoms with Crippen LogP contribution in [0.1, 0.15) is 44.9 Å². The number of amides is 3. The minimum atomic E-state index is -0.234. The second kappa shape index (κ2) is 10.2. The lowest BCUT2D eigenvalue weighted by Crippen LogP contribution is -2.48. The van der Waals surface area contributed by atoms with Crippen LogP contribution in [-0.4, -0.2) is 70.3 Å². The largest absolute Gasteiger partial charge is 0.450 e. The van der Waals surface area contributed by atoms with E-state index in [4.69, 9.17) is 9.72 Å². The van der Waals surface area contributed by atoms with Gasteiger partial charge in [0.15, 0.2) is 0 Å². The van der Waals surface area contributed by atoms with Gasteiger partial charge < -0.3 is 24.8 Å². The minimum absolute atomic E-state index is 0.146. The van der Waals surface area contributed by atoms with Gasteiger partial charge in [-0.3, -0.25) is 4.90 Å². The summed E-state index contributed by atoms with van der Waals surface area (Å²) in [5.41, 5.74) is 2.64. The van der Waals surface area contributed by atoms with Gasteiger partial charge in [0.2, 0.25) is 0 Å². The Labute approximate surface area is 189 Å². The van der Waals surface area contributed by atoms with Crippen molar-refractivity contribution in [3.8, 4) is 0 Å². The number of piperazine rings is 1. The molecular weight excluding hydrogens is 408 g/mol. The van der Waals surface area contributed by atoms with Gasteiger partial charge in [-0.1, -0.05) is 19.3 Å². The van der Waals surface area contributed by atoms with Gasteiger partial charge in [0.05, 0.1) is 24.2 Å². The number of urea groups is 1. The third kappa shape index (κ3) is 5.32. The molecule has 9 heteroatoms. The fraction of sp³-hybridized carbons (Fsp3) is 0.609. The Bertz CT molecular complexity index is 945. The van der Waals surface area contributed by atoms with Gasteiger partial charge in [-0.15, -0.1) is 0 Å². The normalized spacial score (nSPS) is 18.0. The third-order valence-electron chi connectivity index (χ3n) is 6.44. The molecule has 2 heterocycles. The van der Waals surface area contributed by atoms with Crippen molar-refractivity contribution in [3.63, 3.8) is 0 Å². The molecule has 0 spiro atoms. The Balaban J connectivity index is 1.35. The van der Waals surface area contributed by atoms with E-state index in [9.17, 15) is 9.59 Å². The monoisotopic (exact) mass is 442 g/mol. The van der Waals surface area contributed by atoms with Gasteiger partial charge in [-0.2, -0.15) is 0 Å². The average Bonchev–Trinajstić information content (AvgIpc) is 3.09. The van der Waals surface area contributed by atoms with E-state index in [-0.39, 0.29) is 18.2 Å². The van der Waals surface area contributed by atoms with Crippen LogP contribution in [0.2, 0.25) is 0 Å². The van der Waals surface area contributed by atoms with Crippen molar-refractivity contribution in [1.82, 2.24) is 24.7 Å². The molecule has 2 fully saturated rings. The number of imidazole rings is 1. The molecule has 1 aliphatic carbocycles. The summed E-state index contributed by atoms with van der Waals surface area (Å²) in [6.07, 6.45) is 5.52. The topological polar surface area (TPSA) is 91.7 Å². The van der Waals surface area contributed by atoms with Crippen LogP contribution in [0.25, 0.3) is 11.0 Å². The summed E-state index contributed by atoms with van der Waals surface area (Å²) in [5, 5.41) is 6.04. The summed E-state index contributed by atoms with van der Waals surface area (Å²) < 4.78 is 7.19. The predicted molar refractivity (Wildman–Crippen MR) is 124 cm³/mol. The Hall–Kier alpha value is -2.81. The van der Waals surface area contributed by atoms with Gasteiger partial charge in [-0.05, 0) is 38.0 Å². The fourth-order valence-electron chi connectivity index (χ4n) is 4.57. The molecule has 1 saturated heterocycles. The van der Waals surface area contributed by atoms with Crippen LogP contribution in [0.5, 0.6) is 0 Å². The maximum atomic E-state index is 12.4. The van der Waals surface area contributed by atoms with Crippen molar-refractivity contribution in [1.29, 1.82) is 0 Å². The highest BCUT2D eigenvalue weighted by molar-refractivity contribution is 5.92. The van der Waals surface area contributed by atoms with Crippen LogP contribution >= 0.6 is 0 Å². The zero-order valence-electron chi connectivity index (χ0n) is 19.1. The van der Waals surface area contributed by atoms with E-state index in [2.05, 4.69) is 20.1 Å². The number of carbonyl (C=O) groups excluding carboxylic acids is 2. The smallest absolute Gasteiger partial charge is 0.409 e. The molecule has 0 atom stereocenters. The first-order chi connectivity index (χ1) is 15.5. The van der Waals surface area contributed by atoms with Crippen molar-refractivity contribution in [2.75, 3.05) is 38.1 Å². The first-order valence-corrected chi connectivity index (χ1v) is 11.7. The highest BCUT2D eigenvalue weighted by atomic mass is 16.6. The van der Waals surface area contributed by atoms with Crippen LogP contribution in [0.4, 0.5) is 15.3 Å². The lowest BCUT2D eigenvalue weighted by Gasteiger charge is -2.33. The number of nitrogens with zero attached hydrogens (tertiary/aromatic N) is 4. The van der Waals surface area contributed by atoms with Crippen LogP contribution in [-0.2, 0) is 18.3 Å². The number of ether oxygens (including phenoxy) is 1. The Kier molecular flexibility index (Phi) is 7.14. The molecule has 174 valence electrons. The van der Waals surface area contributed by atoms with E-state index in [1.807, 2.05) is 32.2 Å². The first kappa shape index (κ1) is 22.4. The Morgan fingerprint density at radius 1 is 1.12 bits per heavy atom. The van der Waals surface area contributed by atoms with Crippen molar-refractivity contribution in [2.45, 2.75) is 51.6 Å². The van der Waals surface area contributed by atoms with Crippen LogP contribution < -0.4 is 10.6 Å². The molecule has 2 aromatic rings. The minimum Gasteiger partial charge on any atom is -0.450 e. The Morgan fingerprint density at radius 2 is 1.88 bits per heavy atom. The number of anilines is 1. The van der Waals surface area contributed by atoms with Crippen LogP contribution in [0.15, 0.2) is 18.2 Å². The van der Waals surface area contributed by atoms with E-state index >= 15 is 0 Å². The molecule has 4 rings (SSSR count). The molecule has 1 aromatic heterocycles. The molecule has 0 bridgehead atoms. The quantitative estimate of drug-likeness (QED) is 0.741. The fourth-order valence-corrected chi connectivity index (χ4v) is 4.57. The molecule has 2 N–H and O–H groups in total. The number of benzene rings is 1.